The van der Waals surface area contributed by atoms with E-state index in [1.54, 1.807) is 30.3 Å². The lowest BCUT2D eigenvalue weighted by molar-refractivity contribution is -0.114. The van der Waals surface area contributed by atoms with Crippen LogP contribution in [0.3, 0.4) is 0 Å². The summed E-state index contributed by atoms with van der Waals surface area (Å²) in [5.41, 5.74) is 9.80. The summed E-state index contributed by atoms with van der Waals surface area (Å²) in [6, 6.07) is 46.8. The molecule has 0 unspecified atom stereocenters. The molecule has 0 aromatic heterocycles. The molecule has 0 fully saturated rings. The SMILES string of the molecule is C=CCOC(=O)c1ccc(NC(=O)c2ccc(NC(=O)c3ccc(NC(=O)CN)c(OCc4ccccc4)c3)c(OCc3ccc4ccccc4c3)c2)c(OCc2ccccc2)c1. The number of hydrogen-bond donors (Lipinski definition) is 4. The Morgan fingerprint density at radius 3 is 1.48 bits per heavy atom. The maximum Gasteiger partial charge on any atom is 0.338 e. The molecular weight excluding hydrogens is 797 g/mol. The summed E-state index contributed by atoms with van der Waals surface area (Å²) < 4.78 is 23.8. The van der Waals surface area contributed by atoms with Crippen LogP contribution in [-0.4, -0.2) is 36.8 Å². The van der Waals surface area contributed by atoms with Crippen molar-refractivity contribution < 1.29 is 38.1 Å². The molecule has 3 amide bonds. The van der Waals surface area contributed by atoms with Gasteiger partial charge in [0.25, 0.3) is 11.8 Å². The molecule has 0 saturated carbocycles. The van der Waals surface area contributed by atoms with Gasteiger partial charge in [-0.25, -0.2) is 4.79 Å². The minimum absolute atomic E-state index is 0.0324. The summed E-state index contributed by atoms with van der Waals surface area (Å²) in [6.07, 6.45) is 1.47. The molecule has 5 N–H and O–H groups in total. The molecule has 316 valence electrons. The zero-order chi connectivity index (χ0) is 44.0. The lowest BCUT2D eigenvalue weighted by atomic mass is 10.1. The molecule has 0 aliphatic rings. The van der Waals surface area contributed by atoms with E-state index in [0.717, 1.165) is 27.5 Å². The fourth-order valence-electron chi connectivity index (χ4n) is 6.41. The van der Waals surface area contributed by atoms with Gasteiger partial charge in [0.05, 0.1) is 29.2 Å². The molecule has 7 aromatic carbocycles. The van der Waals surface area contributed by atoms with Crippen molar-refractivity contribution in [3.8, 4) is 17.2 Å². The number of carbonyl (C=O) groups excluding carboxylic acids is 4. The number of anilines is 3. The highest BCUT2D eigenvalue weighted by Gasteiger charge is 2.19. The van der Waals surface area contributed by atoms with Crippen molar-refractivity contribution in [2.24, 2.45) is 5.73 Å². The Bertz CT molecular complexity index is 2760. The van der Waals surface area contributed by atoms with E-state index in [1.165, 1.54) is 30.3 Å². The summed E-state index contributed by atoms with van der Waals surface area (Å²) in [6.45, 7) is 3.85. The third kappa shape index (κ3) is 11.5. The van der Waals surface area contributed by atoms with Gasteiger partial charge in [-0.1, -0.05) is 110 Å². The Labute approximate surface area is 364 Å². The van der Waals surface area contributed by atoms with Crippen LogP contribution in [0.1, 0.15) is 47.8 Å². The molecule has 12 nitrogen and oxygen atoms in total. The Morgan fingerprint density at radius 1 is 0.492 bits per heavy atom. The Kier molecular flexibility index (Phi) is 14.2. The van der Waals surface area contributed by atoms with Crippen LogP contribution in [-0.2, 0) is 29.4 Å². The number of rotatable bonds is 18. The first kappa shape index (κ1) is 42.9. The maximum atomic E-state index is 14.0. The number of amides is 3. The number of benzene rings is 7. The molecule has 0 heterocycles. The quantitative estimate of drug-likeness (QED) is 0.0486. The summed E-state index contributed by atoms with van der Waals surface area (Å²) in [5.74, 6) is -1.28. The van der Waals surface area contributed by atoms with Gasteiger partial charge < -0.3 is 40.6 Å². The third-order valence-corrected chi connectivity index (χ3v) is 9.68. The van der Waals surface area contributed by atoms with Gasteiger partial charge in [-0.3, -0.25) is 14.4 Å². The van der Waals surface area contributed by atoms with Crippen molar-refractivity contribution in [3.63, 3.8) is 0 Å². The lowest BCUT2D eigenvalue weighted by Gasteiger charge is -2.17. The zero-order valence-corrected chi connectivity index (χ0v) is 34.2. The molecule has 7 aromatic rings. The van der Waals surface area contributed by atoms with Gasteiger partial charge in [-0.05, 0) is 88.1 Å². The number of esters is 1. The molecule has 0 spiro atoms. The predicted octanol–water partition coefficient (Wildman–Crippen LogP) is 9.32. The second-order valence-corrected chi connectivity index (χ2v) is 14.2. The van der Waals surface area contributed by atoms with Crippen LogP contribution in [0.4, 0.5) is 17.1 Å². The van der Waals surface area contributed by atoms with Gasteiger partial charge in [0.15, 0.2) is 0 Å². The van der Waals surface area contributed by atoms with Gasteiger partial charge in [-0.15, -0.1) is 0 Å². The smallest absolute Gasteiger partial charge is 0.338 e. The number of nitrogens with one attached hydrogen (secondary N) is 3. The highest BCUT2D eigenvalue weighted by Crippen LogP contribution is 2.33. The first-order chi connectivity index (χ1) is 30.8. The molecule has 0 saturated heterocycles. The fourth-order valence-corrected chi connectivity index (χ4v) is 6.41. The van der Waals surface area contributed by atoms with Crippen LogP contribution in [0.2, 0.25) is 0 Å². The molecule has 0 aliphatic heterocycles. The first-order valence-corrected chi connectivity index (χ1v) is 20.0. The van der Waals surface area contributed by atoms with Gasteiger partial charge >= 0.3 is 5.97 Å². The molecule has 0 radical (unpaired) electrons. The lowest BCUT2D eigenvalue weighted by Crippen LogP contribution is -2.22. The number of carbonyl (C=O) groups is 4. The van der Waals surface area contributed by atoms with Gasteiger partial charge in [-0.2, -0.15) is 0 Å². The van der Waals surface area contributed by atoms with Crippen LogP contribution < -0.4 is 35.9 Å². The second-order valence-electron chi connectivity index (χ2n) is 14.2. The minimum Gasteiger partial charge on any atom is -0.487 e. The number of ether oxygens (including phenoxy) is 4. The van der Waals surface area contributed by atoms with E-state index < -0.39 is 23.7 Å². The average Bonchev–Trinajstić information content (AvgIpc) is 3.32. The largest absolute Gasteiger partial charge is 0.487 e. The fraction of sp³-hybridized carbons (Fsp3) is 0.0980. The van der Waals surface area contributed by atoms with E-state index >= 15 is 0 Å². The summed E-state index contributed by atoms with van der Waals surface area (Å²) in [5, 5.41) is 10.7. The molecule has 0 atom stereocenters. The molecule has 63 heavy (non-hydrogen) atoms. The van der Waals surface area contributed by atoms with E-state index in [4.69, 9.17) is 24.7 Å². The highest BCUT2D eigenvalue weighted by atomic mass is 16.5. The summed E-state index contributed by atoms with van der Waals surface area (Å²) >= 11 is 0. The van der Waals surface area contributed by atoms with Crippen LogP contribution in [0, 0.1) is 0 Å². The molecule has 7 rings (SSSR count). The van der Waals surface area contributed by atoms with Crippen molar-refractivity contribution >= 4 is 51.5 Å². The predicted molar refractivity (Wildman–Crippen MR) is 243 cm³/mol. The Hall–Kier alpha value is -8.22. The first-order valence-electron chi connectivity index (χ1n) is 20.0. The van der Waals surface area contributed by atoms with Crippen LogP contribution in [0.5, 0.6) is 17.2 Å². The van der Waals surface area contributed by atoms with Gasteiger partial charge in [0.1, 0.15) is 43.7 Å². The topological polar surface area (TPSA) is 167 Å². The summed E-state index contributed by atoms with van der Waals surface area (Å²) in [4.78, 5) is 52.9. The van der Waals surface area contributed by atoms with E-state index in [0.29, 0.717) is 17.1 Å². The zero-order valence-electron chi connectivity index (χ0n) is 34.2. The van der Waals surface area contributed by atoms with Crippen molar-refractivity contribution in [1.29, 1.82) is 0 Å². The third-order valence-electron chi connectivity index (χ3n) is 9.68. The van der Waals surface area contributed by atoms with E-state index in [-0.39, 0.29) is 66.9 Å². The van der Waals surface area contributed by atoms with Crippen molar-refractivity contribution in [3.05, 3.63) is 204 Å². The van der Waals surface area contributed by atoms with Crippen molar-refractivity contribution in [2.45, 2.75) is 19.8 Å². The molecule has 0 aliphatic carbocycles. The second kappa shape index (κ2) is 20.8. The average molecular weight is 841 g/mol. The maximum absolute atomic E-state index is 14.0. The normalized spacial score (nSPS) is 10.6. The number of hydrogen-bond acceptors (Lipinski definition) is 9. The Balaban J connectivity index is 1.16. The minimum atomic E-state index is -0.576. The van der Waals surface area contributed by atoms with Gasteiger partial charge in [0, 0.05) is 11.1 Å². The molecule has 0 bridgehead atoms. The van der Waals surface area contributed by atoms with Gasteiger partial charge in [0.2, 0.25) is 5.91 Å². The standard InChI is InChI=1S/C51H44N4O8/c1-2-25-60-51(59)41-21-24-44(47(29-41)62-32-35-13-7-4-8-14-35)55-50(58)40-20-23-43(46(28-40)63-33-36-17-18-37-15-9-10-16-38(37)26-36)54-49(57)39-19-22-42(53-48(56)30-52)45(27-39)61-31-34-11-5-3-6-12-34/h2-24,26-29H,1,25,30-33,52H2,(H,53,56)(H,54,57)(H,55,58). The number of fused-ring (bicyclic) bond motifs is 1. The van der Waals surface area contributed by atoms with E-state index in [1.807, 2.05) is 103 Å². The molecule has 12 heteroatoms. The monoisotopic (exact) mass is 840 g/mol. The molecular formula is C51H44N4O8. The number of nitrogens with two attached hydrogens (primary N) is 1. The van der Waals surface area contributed by atoms with E-state index in [2.05, 4.69) is 22.5 Å². The van der Waals surface area contributed by atoms with Crippen LogP contribution in [0.25, 0.3) is 10.8 Å². The van der Waals surface area contributed by atoms with Crippen molar-refractivity contribution in [1.82, 2.24) is 0 Å². The summed E-state index contributed by atoms with van der Waals surface area (Å²) in [7, 11) is 0. The highest BCUT2D eigenvalue weighted by molar-refractivity contribution is 6.08. The van der Waals surface area contributed by atoms with Crippen molar-refractivity contribution in [2.75, 3.05) is 29.1 Å². The Morgan fingerprint density at radius 2 is 0.952 bits per heavy atom. The van der Waals surface area contributed by atoms with E-state index in [9.17, 15) is 19.2 Å². The van der Waals surface area contributed by atoms with Crippen LogP contribution >= 0.6 is 0 Å². The van der Waals surface area contributed by atoms with Crippen LogP contribution in [0.15, 0.2) is 170 Å².